The van der Waals surface area contributed by atoms with Gasteiger partial charge in [-0.05, 0) is 62.4 Å². The second-order valence-corrected chi connectivity index (χ2v) is 8.51. The van der Waals surface area contributed by atoms with Gasteiger partial charge in [0.05, 0.1) is 19.1 Å². The quantitative estimate of drug-likeness (QED) is 0.858. The predicted octanol–water partition coefficient (Wildman–Crippen LogP) is 3.07. The van der Waals surface area contributed by atoms with Crippen LogP contribution in [0.1, 0.15) is 42.0 Å². The van der Waals surface area contributed by atoms with Crippen molar-refractivity contribution in [3.05, 3.63) is 34.4 Å². The summed E-state index contributed by atoms with van der Waals surface area (Å²) in [5.74, 6) is -0.349. The van der Waals surface area contributed by atoms with Crippen molar-refractivity contribution in [1.29, 1.82) is 0 Å². The van der Waals surface area contributed by atoms with Crippen molar-refractivity contribution in [2.45, 2.75) is 46.7 Å². The summed E-state index contributed by atoms with van der Waals surface area (Å²) in [7, 11) is 0. The Hall–Kier alpha value is -1.43. The lowest BCUT2D eigenvalue weighted by atomic mass is 9.95. The van der Waals surface area contributed by atoms with Gasteiger partial charge in [0.25, 0.3) is 0 Å². The summed E-state index contributed by atoms with van der Waals surface area (Å²) < 4.78 is 5.49. The van der Waals surface area contributed by atoms with Gasteiger partial charge in [-0.25, -0.2) is 0 Å². The van der Waals surface area contributed by atoms with Gasteiger partial charge in [0.15, 0.2) is 0 Å². The summed E-state index contributed by atoms with van der Waals surface area (Å²) in [6.45, 7) is 13.2. The number of ether oxygens (including phenoxy) is 1. The normalized spacial score (nSPS) is 23.3. The fourth-order valence-corrected chi connectivity index (χ4v) is 4.21. The number of carboxylic acid groups (broad SMARTS) is 1. The van der Waals surface area contributed by atoms with Crippen LogP contribution in [0.25, 0.3) is 0 Å². The molecule has 2 heterocycles. The molecule has 2 aliphatic heterocycles. The highest BCUT2D eigenvalue weighted by molar-refractivity contribution is 5.70. The van der Waals surface area contributed by atoms with Crippen LogP contribution in [-0.2, 0) is 22.6 Å². The molecule has 1 N–H and O–H groups in total. The summed E-state index contributed by atoms with van der Waals surface area (Å²) in [5, 5.41) is 9.38. The Kier molecular flexibility index (Phi) is 6.90. The molecule has 5 heteroatoms. The first-order chi connectivity index (χ1) is 12.9. The van der Waals surface area contributed by atoms with Crippen LogP contribution in [0.4, 0.5) is 0 Å². The molecule has 0 spiro atoms. The smallest absolute Gasteiger partial charge is 0.310 e. The third-order valence-electron chi connectivity index (χ3n) is 6.13. The molecule has 2 saturated heterocycles. The maximum absolute atomic E-state index is 11.4. The highest BCUT2D eigenvalue weighted by Gasteiger charge is 2.25. The number of aliphatic carboxylic acids is 1. The van der Waals surface area contributed by atoms with Gasteiger partial charge < -0.3 is 9.84 Å². The predicted molar refractivity (Wildman–Crippen MR) is 107 cm³/mol. The van der Waals surface area contributed by atoms with Gasteiger partial charge in [-0.2, -0.15) is 0 Å². The molecule has 0 aromatic heterocycles. The molecule has 0 amide bonds. The Morgan fingerprint density at radius 1 is 1.11 bits per heavy atom. The second kappa shape index (κ2) is 9.18. The minimum atomic E-state index is -0.761. The SMILES string of the molecule is Cc1cc(CN2CCC(C)CC2)c(C)c(CN2CCOCC(C(=O)O)C2)c1. The molecule has 5 nitrogen and oxygen atoms in total. The fraction of sp³-hybridized carbons (Fsp3) is 0.682. The van der Waals surface area contributed by atoms with Crippen LogP contribution in [-0.4, -0.2) is 60.3 Å². The number of hydrogen-bond donors (Lipinski definition) is 1. The Labute approximate surface area is 163 Å². The van der Waals surface area contributed by atoms with Crippen molar-refractivity contribution in [1.82, 2.24) is 9.80 Å². The summed E-state index contributed by atoms with van der Waals surface area (Å²) in [6.07, 6.45) is 2.59. The van der Waals surface area contributed by atoms with Gasteiger partial charge >= 0.3 is 5.97 Å². The Bertz CT molecular complexity index is 653. The number of aryl methyl sites for hydroxylation is 1. The highest BCUT2D eigenvalue weighted by atomic mass is 16.5. The summed E-state index contributed by atoms with van der Waals surface area (Å²) >= 11 is 0. The molecule has 0 radical (unpaired) electrons. The van der Waals surface area contributed by atoms with Gasteiger partial charge in [0, 0.05) is 26.2 Å². The standard InChI is InChI=1S/C22H34N2O3/c1-16-4-6-23(7-5-16)12-19-10-17(2)11-20(18(19)3)13-24-8-9-27-15-21(14-24)22(25)26/h10-11,16,21H,4-9,12-15H2,1-3H3,(H,25,26). The topological polar surface area (TPSA) is 53.0 Å². The van der Waals surface area contributed by atoms with Gasteiger partial charge in [-0.1, -0.05) is 24.6 Å². The first-order valence-corrected chi connectivity index (χ1v) is 10.3. The molecule has 2 fully saturated rings. The van der Waals surface area contributed by atoms with E-state index in [1.54, 1.807) is 0 Å². The number of benzene rings is 1. The molecule has 2 aliphatic rings. The summed E-state index contributed by atoms with van der Waals surface area (Å²) in [6, 6.07) is 4.58. The van der Waals surface area contributed by atoms with Gasteiger partial charge in [0.2, 0.25) is 0 Å². The average Bonchev–Trinajstić information content (AvgIpc) is 2.86. The number of rotatable bonds is 5. The maximum atomic E-state index is 11.4. The van der Waals surface area contributed by atoms with Crippen LogP contribution in [0.2, 0.25) is 0 Å². The molecule has 27 heavy (non-hydrogen) atoms. The molecule has 1 atom stereocenters. The number of carbonyl (C=O) groups is 1. The van der Waals surface area contributed by atoms with Crippen molar-refractivity contribution in [3.63, 3.8) is 0 Å². The first-order valence-electron chi connectivity index (χ1n) is 10.3. The van der Waals surface area contributed by atoms with E-state index in [-0.39, 0.29) is 0 Å². The Morgan fingerprint density at radius 3 is 2.37 bits per heavy atom. The van der Waals surface area contributed by atoms with Crippen molar-refractivity contribution in [2.75, 3.05) is 39.4 Å². The van der Waals surface area contributed by atoms with Crippen LogP contribution >= 0.6 is 0 Å². The monoisotopic (exact) mass is 374 g/mol. The fourth-order valence-electron chi connectivity index (χ4n) is 4.21. The lowest BCUT2D eigenvalue weighted by Crippen LogP contribution is -2.34. The molecule has 0 saturated carbocycles. The van der Waals surface area contributed by atoms with Crippen LogP contribution < -0.4 is 0 Å². The maximum Gasteiger partial charge on any atom is 0.310 e. The first kappa shape index (κ1) is 20.3. The van der Waals surface area contributed by atoms with Gasteiger partial charge in [0.1, 0.15) is 0 Å². The lowest BCUT2D eigenvalue weighted by Gasteiger charge is -2.31. The lowest BCUT2D eigenvalue weighted by molar-refractivity contribution is -0.143. The molecule has 0 aliphatic carbocycles. The number of piperidine rings is 1. The van der Waals surface area contributed by atoms with Crippen LogP contribution in [0.3, 0.4) is 0 Å². The van der Waals surface area contributed by atoms with Crippen molar-refractivity contribution in [2.24, 2.45) is 11.8 Å². The molecule has 1 aromatic rings. The molecule has 3 rings (SSSR count). The van der Waals surface area contributed by atoms with Crippen LogP contribution in [0, 0.1) is 25.7 Å². The summed E-state index contributed by atoms with van der Waals surface area (Å²) in [5.41, 5.74) is 5.38. The van der Waals surface area contributed by atoms with Crippen molar-refractivity contribution < 1.29 is 14.6 Å². The molecule has 1 aromatic carbocycles. The number of carboxylic acids is 1. The van der Waals surface area contributed by atoms with Crippen molar-refractivity contribution >= 4 is 5.97 Å². The largest absolute Gasteiger partial charge is 0.481 e. The van der Waals surface area contributed by atoms with E-state index in [1.807, 2.05) is 0 Å². The third kappa shape index (κ3) is 5.53. The van der Waals surface area contributed by atoms with E-state index < -0.39 is 11.9 Å². The molecule has 150 valence electrons. The zero-order valence-corrected chi connectivity index (χ0v) is 17.0. The Morgan fingerprint density at radius 2 is 1.74 bits per heavy atom. The molecular weight excluding hydrogens is 340 g/mol. The Balaban J connectivity index is 1.71. The van der Waals surface area contributed by atoms with Gasteiger partial charge in [-0.15, -0.1) is 0 Å². The van der Waals surface area contributed by atoms with Crippen LogP contribution in [0.15, 0.2) is 12.1 Å². The summed E-state index contributed by atoms with van der Waals surface area (Å²) in [4.78, 5) is 16.2. The van der Waals surface area contributed by atoms with E-state index >= 15 is 0 Å². The van der Waals surface area contributed by atoms with Gasteiger partial charge in [-0.3, -0.25) is 14.6 Å². The third-order valence-corrected chi connectivity index (χ3v) is 6.13. The number of likely N-dealkylation sites (tertiary alicyclic amines) is 1. The average molecular weight is 375 g/mol. The van der Waals surface area contributed by atoms with E-state index in [9.17, 15) is 9.90 Å². The van der Waals surface area contributed by atoms with E-state index in [1.165, 1.54) is 48.2 Å². The minimum absolute atomic E-state index is 0.317. The van der Waals surface area contributed by atoms with Crippen molar-refractivity contribution in [3.8, 4) is 0 Å². The zero-order chi connectivity index (χ0) is 19.4. The molecule has 0 bridgehead atoms. The highest BCUT2D eigenvalue weighted by Crippen LogP contribution is 2.24. The van der Waals surface area contributed by atoms with E-state index in [2.05, 4.69) is 42.7 Å². The number of nitrogens with zero attached hydrogens (tertiary/aromatic N) is 2. The minimum Gasteiger partial charge on any atom is -0.481 e. The molecular formula is C22H34N2O3. The number of hydrogen-bond acceptors (Lipinski definition) is 4. The zero-order valence-electron chi connectivity index (χ0n) is 17.0. The van der Waals surface area contributed by atoms with E-state index in [0.29, 0.717) is 19.8 Å². The van der Waals surface area contributed by atoms with E-state index in [4.69, 9.17) is 4.74 Å². The second-order valence-electron chi connectivity index (χ2n) is 8.51. The molecule has 1 unspecified atom stereocenters. The van der Waals surface area contributed by atoms with Crippen LogP contribution in [0.5, 0.6) is 0 Å². The van der Waals surface area contributed by atoms with E-state index in [0.717, 1.165) is 25.6 Å².